The highest BCUT2D eigenvalue weighted by Crippen LogP contribution is 2.33. The summed E-state index contributed by atoms with van der Waals surface area (Å²) in [7, 11) is 0. The first kappa shape index (κ1) is 15.4. The first-order chi connectivity index (χ1) is 8.50. The second-order valence-electron chi connectivity index (χ2n) is 5.65. The zero-order valence-corrected chi connectivity index (χ0v) is 12.1. The molecule has 1 aliphatic heterocycles. The number of nitrogens with zero attached hydrogens (tertiary/aromatic N) is 1. The molecule has 0 spiro atoms. The van der Waals surface area contributed by atoms with E-state index in [1.165, 1.54) is 19.3 Å². The Bertz CT molecular complexity index is 261. The monoisotopic (exact) mass is 256 g/mol. The van der Waals surface area contributed by atoms with Gasteiger partial charge in [0.05, 0.1) is 6.61 Å². The van der Waals surface area contributed by atoms with E-state index >= 15 is 0 Å². The van der Waals surface area contributed by atoms with Crippen molar-refractivity contribution in [2.75, 3.05) is 26.2 Å². The zero-order chi connectivity index (χ0) is 13.6. The Morgan fingerprint density at radius 1 is 1.39 bits per heavy atom. The molecule has 0 aliphatic carbocycles. The van der Waals surface area contributed by atoms with Crippen molar-refractivity contribution in [3.8, 4) is 0 Å². The SMILES string of the molecule is CCOC(=O)C(N)CCN1CCC(C)(CC)CC1. The number of esters is 1. The highest BCUT2D eigenvalue weighted by Gasteiger charge is 2.28. The van der Waals surface area contributed by atoms with E-state index in [1.54, 1.807) is 6.92 Å². The van der Waals surface area contributed by atoms with Gasteiger partial charge in [-0.3, -0.25) is 4.79 Å². The van der Waals surface area contributed by atoms with Crippen LogP contribution < -0.4 is 5.73 Å². The van der Waals surface area contributed by atoms with E-state index in [-0.39, 0.29) is 5.97 Å². The van der Waals surface area contributed by atoms with Gasteiger partial charge in [-0.15, -0.1) is 0 Å². The van der Waals surface area contributed by atoms with Gasteiger partial charge in [0.1, 0.15) is 6.04 Å². The summed E-state index contributed by atoms with van der Waals surface area (Å²) in [5, 5.41) is 0. The quantitative estimate of drug-likeness (QED) is 0.736. The van der Waals surface area contributed by atoms with Gasteiger partial charge < -0.3 is 15.4 Å². The molecule has 1 heterocycles. The van der Waals surface area contributed by atoms with Gasteiger partial charge >= 0.3 is 5.97 Å². The lowest BCUT2D eigenvalue weighted by Crippen LogP contribution is -2.42. The van der Waals surface area contributed by atoms with Crippen molar-refractivity contribution in [3.05, 3.63) is 0 Å². The fraction of sp³-hybridized carbons (Fsp3) is 0.929. The summed E-state index contributed by atoms with van der Waals surface area (Å²) in [6.45, 7) is 10.0. The molecule has 1 saturated heterocycles. The van der Waals surface area contributed by atoms with E-state index in [9.17, 15) is 4.79 Å². The van der Waals surface area contributed by atoms with Gasteiger partial charge in [0, 0.05) is 6.54 Å². The number of rotatable bonds is 6. The molecule has 1 unspecified atom stereocenters. The Balaban J connectivity index is 2.23. The van der Waals surface area contributed by atoms with E-state index in [0.717, 1.165) is 19.6 Å². The highest BCUT2D eigenvalue weighted by atomic mass is 16.5. The number of likely N-dealkylation sites (tertiary alicyclic amines) is 1. The van der Waals surface area contributed by atoms with E-state index < -0.39 is 6.04 Å². The van der Waals surface area contributed by atoms with Crippen LogP contribution in [0.3, 0.4) is 0 Å². The van der Waals surface area contributed by atoms with Crippen LogP contribution >= 0.6 is 0 Å². The lowest BCUT2D eigenvalue weighted by molar-refractivity contribution is -0.144. The van der Waals surface area contributed by atoms with Gasteiger partial charge in [-0.05, 0) is 44.7 Å². The molecule has 0 aromatic heterocycles. The van der Waals surface area contributed by atoms with Crippen LogP contribution in [0.1, 0.15) is 46.5 Å². The van der Waals surface area contributed by atoms with E-state index in [2.05, 4.69) is 18.7 Å². The van der Waals surface area contributed by atoms with Crippen LogP contribution in [0, 0.1) is 5.41 Å². The van der Waals surface area contributed by atoms with Crippen molar-refractivity contribution in [2.24, 2.45) is 11.1 Å². The topological polar surface area (TPSA) is 55.6 Å². The van der Waals surface area contributed by atoms with Gasteiger partial charge in [0.15, 0.2) is 0 Å². The Kier molecular flexibility index (Phi) is 6.09. The molecule has 1 atom stereocenters. The summed E-state index contributed by atoms with van der Waals surface area (Å²) >= 11 is 0. The lowest BCUT2D eigenvalue weighted by Gasteiger charge is -2.39. The van der Waals surface area contributed by atoms with Crippen LogP contribution in [0.25, 0.3) is 0 Å². The molecule has 1 rings (SSSR count). The molecule has 0 aromatic rings. The van der Waals surface area contributed by atoms with Crippen LogP contribution in [0.5, 0.6) is 0 Å². The normalized spacial score (nSPS) is 21.6. The Labute approximate surface area is 111 Å². The molecule has 106 valence electrons. The number of hydrogen-bond acceptors (Lipinski definition) is 4. The van der Waals surface area contributed by atoms with Gasteiger partial charge in [0.25, 0.3) is 0 Å². The number of hydrogen-bond donors (Lipinski definition) is 1. The van der Waals surface area contributed by atoms with E-state index in [4.69, 9.17) is 10.5 Å². The molecule has 1 fully saturated rings. The number of carbonyl (C=O) groups is 1. The third kappa shape index (κ3) is 4.58. The average molecular weight is 256 g/mol. The predicted molar refractivity (Wildman–Crippen MR) is 73.3 cm³/mol. The van der Waals surface area contributed by atoms with Crippen molar-refractivity contribution in [1.29, 1.82) is 0 Å². The van der Waals surface area contributed by atoms with Crippen LogP contribution in [-0.2, 0) is 9.53 Å². The van der Waals surface area contributed by atoms with Crippen LogP contribution in [0.15, 0.2) is 0 Å². The van der Waals surface area contributed by atoms with Gasteiger partial charge in [-0.1, -0.05) is 20.3 Å². The zero-order valence-electron chi connectivity index (χ0n) is 12.1. The Hall–Kier alpha value is -0.610. The van der Waals surface area contributed by atoms with E-state index in [0.29, 0.717) is 18.4 Å². The third-order valence-corrected chi connectivity index (χ3v) is 4.26. The second kappa shape index (κ2) is 7.10. The van der Waals surface area contributed by atoms with Crippen molar-refractivity contribution < 1.29 is 9.53 Å². The molecule has 4 heteroatoms. The summed E-state index contributed by atoms with van der Waals surface area (Å²) in [5.41, 5.74) is 6.31. The Morgan fingerprint density at radius 3 is 2.50 bits per heavy atom. The standard InChI is InChI=1S/C14H28N2O2/c1-4-14(3)7-10-16(11-8-14)9-6-12(15)13(17)18-5-2/h12H,4-11,15H2,1-3H3. The maximum atomic E-state index is 11.4. The first-order valence-electron chi connectivity index (χ1n) is 7.15. The number of nitrogens with two attached hydrogens (primary N) is 1. The van der Waals surface area contributed by atoms with Crippen LogP contribution in [0.4, 0.5) is 0 Å². The van der Waals surface area contributed by atoms with Crippen LogP contribution in [0.2, 0.25) is 0 Å². The summed E-state index contributed by atoms with van der Waals surface area (Å²) in [5.74, 6) is -0.270. The van der Waals surface area contributed by atoms with Crippen molar-refractivity contribution in [1.82, 2.24) is 4.90 Å². The van der Waals surface area contributed by atoms with Gasteiger partial charge in [-0.25, -0.2) is 0 Å². The highest BCUT2D eigenvalue weighted by molar-refractivity contribution is 5.75. The largest absolute Gasteiger partial charge is 0.465 e. The van der Waals surface area contributed by atoms with Crippen molar-refractivity contribution in [2.45, 2.75) is 52.5 Å². The fourth-order valence-corrected chi connectivity index (χ4v) is 2.36. The number of carbonyl (C=O) groups excluding carboxylic acids is 1. The number of ether oxygens (including phenoxy) is 1. The molecule has 0 amide bonds. The maximum Gasteiger partial charge on any atom is 0.322 e. The molecule has 0 saturated carbocycles. The van der Waals surface area contributed by atoms with Crippen molar-refractivity contribution in [3.63, 3.8) is 0 Å². The van der Waals surface area contributed by atoms with E-state index in [1.807, 2.05) is 0 Å². The number of piperidine rings is 1. The molecule has 0 radical (unpaired) electrons. The summed E-state index contributed by atoms with van der Waals surface area (Å²) in [6, 6.07) is -0.468. The lowest BCUT2D eigenvalue weighted by atomic mass is 9.78. The smallest absolute Gasteiger partial charge is 0.322 e. The summed E-state index contributed by atoms with van der Waals surface area (Å²) < 4.78 is 4.91. The van der Waals surface area contributed by atoms with Crippen LogP contribution in [-0.4, -0.2) is 43.2 Å². The minimum atomic E-state index is -0.468. The first-order valence-corrected chi connectivity index (χ1v) is 7.15. The third-order valence-electron chi connectivity index (χ3n) is 4.26. The minimum absolute atomic E-state index is 0.270. The predicted octanol–water partition coefficient (Wildman–Crippen LogP) is 1.78. The molecule has 18 heavy (non-hydrogen) atoms. The molecular formula is C14H28N2O2. The van der Waals surface area contributed by atoms with Gasteiger partial charge in [0.2, 0.25) is 0 Å². The molecular weight excluding hydrogens is 228 g/mol. The van der Waals surface area contributed by atoms with Gasteiger partial charge in [-0.2, -0.15) is 0 Å². The molecule has 4 nitrogen and oxygen atoms in total. The Morgan fingerprint density at radius 2 is 2.00 bits per heavy atom. The minimum Gasteiger partial charge on any atom is -0.465 e. The molecule has 1 aliphatic rings. The summed E-state index contributed by atoms with van der Waals surface area (Å²) in [4.78, 5) is 13.8. The molecule has 0 bridgehead atoms. The molecule has 0 aromatic carbocycles. The molecule has 2 N–H and O–H groups in total. The summed E-state index contributed by atoms with van der Waals surface area (Å²) in [6.07, 6.45) is 4.45. The second-order valence-corrected chi connectivity index (χ2v) is 5.65. The fourth-order valence-electron chi connectivity index (χ4n) is 2.36. The maximum absolute atomic E-state index is 11.4. The average Bonchev–Trinajstić information content (AvgIpc) is 2.38. The van der Waals surface area contributed by atoms with Crippen molar-refractivity contribution >= 4 is 5.97 Å².